The van der Waals surface area contributed by atoms with Crippen LogP contribution in [0.3, 0.4) is 0 Å². The van der Waals surface area contributed by atoms with Crippen LogP contribution >= 0.6 is 11.8 Å². The Morgan fingerprint density at radius 2 is 1.70 bits per heavy atom. The van der Waals surface area contributed by atoms with Gasteiger partial charge >= 0.3 is 0 Å². The van der Waals surface area contributed by atoms with Gasteiger partial charge in [0.25, 0.3) is 0 Å². The number of unbranched alkanes of at least 4 members (excludes halogenated alkanes) is 1. The molecule has 1 fully saturated rings. The van der Waals surface area contributed by atoms with Crippen molar-refractivity contribution >= 4 is 33.2 Å². The number of anilines is 1. The van der Waals surface area contributed by atoms with Crippen molar-refractivity contribution in [2.24, 2.45) is 11.5 Å². The van der Waals surface area contributed by atoms with Crippen molar-refractivity contribution in [1.82, 2.24) is 0 Å². The first-order valence-corrected chi connectivity index (χ1v) is 12.6. The van der Waals surface area contributed by atoms with Crippen LogP contribution in [0, 0.1) is 0 Å². The zero-order valence-electron chi connectivity index (χ0n) is 16.6. The van der Waals surface area contributed by atoms with Gasteiger partial charge in [-0.1, -0.05) is 6.42 Å². The zero-order valence-corrected chi connectivity index (χ0v) is 18.3. The summed E-state index contributed by atoms with van der Waals surface area (Å²) >= 11 is 1.66. The number of hydrogen-bond acceptors (Lipinski definition) is 7. The Morgan fingerprint density at radius 1 is 1.10 bits per heavy atom. The van der Waals surface area contributed by atoms with Crippen molar-refractivity contribution in [3.8, 4) is 11.5 Å². The highest BCUT2D eigenvalue weighted by Gasteiger charge is 2.29. The van der Waals surface area contributed by atoms with E-state index < -0.39 is 15.9 Å². The van der Waals surface area contributed by atoms with E-state index in [-0.39, 0.29) is 16.9 Å². The third-order valence-corrected chi connectivity index (χ3v) is 7.67. The molecule has 30 heavy (non-hydrogen) atoms. The predicted molar refractivity (Wildman–Crippen MR) is 121 cm³/mol. The molecule has 2 aromatic carbocycles. The Balaban J connectivity index is 1.53. The summed E-state index contributed by atoms with van der Waals surface area (Å²) in [5.41, 5.74) is 12.0. The van der Waals surface area contributed by atoms with Gasteiger partial charge in [-0.25, -0.2) is 8.42 Å². The van der Waals surface area contributed by atoms with Crippen LogP contribution in [0.4, 0.5) is 5.69 Å². The third kappa shape index (κ3) is 6.73. The van der Waals surface area contributed by atoms with Gasteiger partial charge in [-0.15, -0.1) is 0 Å². The molecule has 0 saturated carbocycles. The second kappa shape index (κ2) is 10.3. The summed E-state index contributed by atoms with van der Waals surface area (Å²) in [5.74, 6) is 1.97. The highest BCUT2D eigenvalue weighted by molar-refractivity contribution is 8.08. The molecule has 7 nitrogen and oxygen atoms in total. The van der Waals surface area contributed by atoms with E-state index in [1.165, 1.54) is 0 Å². The molecule has 2 atom stereocenters. The van der Waals surface area contributed by atoms with E-state index >= 15 is 0 Å². The summed E-state index contributed by atoms with van der Waals surface area (Å²) in [7, 11) is -3.25. The first-order chi connectivity index (χ1) is 14.4. The number of nitrogens with one attached hydrogen (secondary N) is 1. The number of ether oxygens (including phenoxy) is 1. The molecular weight excluding hydrogens is 422 g/mol. The Labute approximate surface area is 181 Å². The number of carbonyl (C=O) groups is 1. The molecule has 2 aromatic rings. The van der Waals surface area contributed by atoms with Crippen molar-refractivity contribution in [1.29, 1.82) is 0 Å². The molecule has 1 unspecified atom stereocenters. The Morgan fingerprint density at radius 3 is 2.27 bits per heavy atom. The molecule has 9 heteroatoms. The maximum atomic E-state index is 12.3. The SMILES string of the molecule is NCCCC[C@H](N)C(=O)Nc1ccc(Oc2ccc(S(=O)(=O)CC3CS3)cc2)cc1. The quantitative estimate of drug-likeness (QED) is 0.356. The lowest BCUT2D eigenvalue weighted by Crippen LogP contribution is -2.35. The fourth-order valence-corrected chi connectivity index (χ4v) is 5.51. The minimum Gasteiger partial charge on any atom is -0.457 e. The summed E-state index contributed by atoms with van der Waals surface area (Å²) in [6, 6.07) is 12.8. The van der Waals surface area contributed by atoms with Gasteiger partial charge in [0, 0.05) is 16.7 Å². The van der Waals surface area contributed by atoms with E-state index in [9.17, 15) is 13.2 Å². The lowest BCUT2D eigenvalue weighted by Gasteiger charge is -2.12. The molecule has 5 N–H and O–H groups in total. The van der Waals surface area contributed by atoms with Crippen LogP contribution < -0.4 is 21.5 Å². The summed E-state index contributed by atoms with van der Waals surface area (Å²) in [6.45, 7) is 0.591. The predicted octanol–water partition coefficient (Wildman–Crippen LogP) is 2.76. The Hall–Kier alpha value is -2.07. The van der Waals surface area contributed by atoms with Crippen LogP contribution in [0.25, 0.3) is 0 Å². The summed E-state index contributed by atoms with van der Waals surface area (Å²) in [4.78, 5) is 12.4. The van der Waals surface area contributed by atoms with Crippen molar-refractivity contribution in [3.63, 3.8) is 0 Å². The second-order valence-corrected chi connectivity index (χ2v) is 10.6. The molecule has 0 aliphatic carbocycles. The van der Waals surface area contributed by atoms with Crippen LogP contribution in [0.1, 0.15) is 19.3 Å². The van der Waals surface area contributed by atoms with Crippen LogP contribution in [0.2, 0.25) is 0 Å². The first-order valence-electron chi connectivity index (χ1n) is 9.86. The van der Waals surface area contributed by atoms with Gasteiger partial charge in [0.1, 0.15) is 11.5 Å². The van der Waals surface area contributed by atoms with Gasteiger partial charge in [0.2, 0.25) is 5.91 Å². The Bertz CT molecular complexity index is 943. The molecule has 0 spiro atoms. The van der Waals surface area contributed by atoms with E-state index in [1.54, 1.807) is 60.3 Å². The summed E-state index contributed by atoms with van der Waals surface area (Å²) in [5, 5.41) is 3.01. The van der Waals surface area contributed by atoms with E-state index in [2.05, 4.69) is 5.32 Å². The number of amides is 1. The summed E-state index contributed by atoms with van der Waals surface area (Å²) < 4.78 is 30.4. The average Bonchev–Trinajstić information content (AvgIpc) is 3.53. The number of sulfone groups is 1. The first kappa shape index (κ1) is 22.6. The normalized spacial score (nSPS) is 16.7. The Kier molecular flexibility index (Phi) is 7.76. The molecule has 0 bridgehead atoms. The van der Waals surface area contributed by atoms with Crippen LogP contribution in [0.15, 0.2) is 53.4 Å². The van der Waals surface area contributed by atoms with Crippen LogP contribution in [0.5, 0.6) is 11.5 Å². The lowest BCUT2D eigenvalue weighted by molar-refractivity contribution is -0.117. The standard InChI is InChI=1S/C21H27N3O4S2/c22-12-2-1-3-20(23)21(25)24-15-4-6-16(7-5-15)28-17-8-10-19(11-9-17)30(26,27)14-18-13-29-18/h4-11,18,20H,1-3,12-14,22-23H2,(H,24,25)/t18?,20-/m0/s1. The van der Waals surface area contributed by atoms with E-state index in [1.807, 2.05) is 0 Å². The smallest absolute Gasteiger partial charge is 0.241 e. The molecule has 1 aliphatic rings. The van der Waals surface area contributed by atoms with E-state index in [4.69, 9.17) is 16.2 Å². The number of thioether (sulfide) groups is 1. The highest BCUT2D eigenvalue weighted by Crippen LogP contribution is 2.33. The third-order valence-electron chi connectivity index (χ3n) is 4.65. The number of rotatable bonds is 11. The minimum absolute atomic E-state index is 0.182. The number of carbonyl (C=O) groups excluding carboxylic acids is 1. The van der Waals surface area contributed by atoms with Crippen molar-refractivity contribution < 1.29 is 17.9 Å². The summed E-state index contributed by atoms with van der Waals surface area (Å²) in [6.07, 6.45) is 2.26. The highest BCUT2D eigenvalue weighted by atomic mass is 32.2. The average molecular weight is 450 g/mol. The van der Waals surface area contributed by atoms with E-state index in [0.29, 0.717) is 35.0 Å². The van der Waals surface area contributed by atoms with Gasteiger partial charge in [-0.05, 0) is 67.9 Å². The number of hydrogen-bond donors (Lipinski definition) is 3. The number of nitrogens with two attached hydrogens (primary N) is 2. The molecule has 3 rings (SSSR count). The largest absolute Gasteiger partial charge is 0.457 e. The molecule has 1 amide bonds. The van der Waals surface area contributed by atoms with Crippen molar-refractivity contribution in [2.75, 3.05) is 23.4 Å². The van der Waals surface area contributed by atoms with Crippen molar-refractivity contribution in [2.45, 2.75) is 35.4 Å². The molecule has 1 heterocycles. The zero-order chi connectivity index (χ0) is 21.6. The molecule has 1 aliphatic heterocycles. The van der Waals surface area contributed by atoms with Gasteiger partial charge in [0.15, 0.2) is 9.84 Å². The fraction of sp³-hybridized carbons (Fsp3) is 0.381. The lowest BCUT2D eigenvalue weighted by atomic mass is 10.1. The molecule has 0 radical (unpaired) electrons. The maximum Gasteiger partial charge on any atom is 0.241 e. The van der Waals surface area contributed by atoms with Gasteiger partial charge in [0.05, 0.1) is 16.7 Å². The molecular formula is C21H27N3O4S2. The molecule has 0 aromatic heterocycles. The van der Waals surface area contributed by atoms with Crippen LogP contribution in [-0.2, 0) is 14.6 Å². The van der Waals surface area contributed by atoms with Crippen molar-refractivity contribution in [3.05, 3.63) is 48.5 Å². The van der Waals surface area contributed by atoms with Gasteiger partial charge in [-0.3, -0.25) is 4.79 Å². The topological polar surface area (TPSA) is 125 Å². The molecule has 162 valence electrons. The monoisotopic (exact) mass is 449 g/mol. The fourth-order valence-electron chi connectivity index (χ4n) is 2.84. The van der Waals surface area contributed by atoms with E-state index in [0.717, 1.165) is 18.6 Å². The van der Waals surface area contributed by atoms with Gasteiger partial charge in [-0.2, -0.15) is 11.8 Å². The maximum absolute atomic E-state index is 12.3. The van der Waals surface area contributed by atoms with Gasteiger partial charge < -0.3 is 21.5 Å². The molecule has 1 saturated heterocycles. The number of benzene rings is 2. The van der Waals surface area contributed by atoms with Crippen LogP contribution in [-0.4, -0.2) is 43.7 Å². The minimum atomic E-state index is -3.25. The second-order valence-electron chi connectivity index (χ2n) is 7.21.